The largest absolute Gasteiger partial charge is 0.478 e. The maximum atomic E-state index is 10.8. The van der Waals surface area contributed by atoms with Gasteiger partial charge < -0.3 is 10.4 Å². The van der Waals surface area contributed by atoms with Crippen molar-refractivity contribution in [2.45, 2.75) is 18.8 Å². The smallest absolute Gasteiger partial charge is 0.335 e. The van der Waals surface area contributed by atoms with Crippen LogP contribution in [0.1, 0.15) is 33.8 Å². The maximum Gasteiger partial charge on any atom is 0.335 e. The van der Waals surface area contributed by atoms with Crippen molar-refractivity contribution in [3.8, 4) is 0 Å². The SMILES string of the molecule is CNCC1CCc2cc(C(=O)O)ccc21. The van der Waals surface area contributed by atoms with E-state index >= 15 is 0 Å². The minimum atomic E-state index is -0.838. The van der Waals surface area contributed by atoms with Crippen LogP contribution in [-0.4, -0.2) is 24.7 Å². The lowest BCUT2D eigenvalue weighted by Gasteiger charge is -2.10. The highest BCUT2D eigenvalue weighted by atomic mass is 16.4. The second-order valence-electron chi connectivity index (χ2n) is 4.01. The van der Waals surface area contributed by atoms with Crippen LogP contribution in [0.15, 0.2) is 18.2 Å². The summed E-state index contributed by atoms with van der Waals surface area (Å²) in [5.41, 5.74) is 2.92. The minimum Gasteiger partial charge on any atom is -0.478 e. The zero-order valence-corrected chi connectivity index (χ0v) is 8.79. The van der Waals surface area contributed by atoms with Crippen LogP contribution in [0.3, 0.4) is 0 Å². The Labute approximate surface area is 89.1 Å². The number of hydrogen-bond donors (Lipinski definition) is 2. The molecule has 0 aromatic heterocycles. The van der Waals surface area contributed by atoms with Gasteiger partial charge in [-0.25, -0.2) is 4.79 Å². The molecule has 0 spiro atoms. The van der Waals surface area contributed by atoms with Gasteiger partial charge in [0.25, 0.3) is 0 Å². The number of benzene rings is 1. The molecule has 0 saturated heterocycles. The Morgan fingerprint density at radius 3 is 3.07 bits per heavy atom. The van der Waals surface area contributed by atoms with E-state index in [2.05, 4.69) is 5.32 Å². The van der Waals surface area contributed by atoms with Crippen molar-refractivity contribution < 1.29 is 9.90 Å². The molecule has 0 saturated carbocycles. The molecule has 1 aromatic carbocycles. The van der Waals surface area contributed by atoms with Crippen molar-refractivity contribution in [3.05, 3.63) is 34.9 Å². The van der Waals surface area contributed by atoms with Crippen LogP contribution in [0, 0.1) is 0 Å². The van der Waals surface area contributed by atoms with Gasteiger partial charge in [0.1, 0.15) is 0 Å². The number of aromatic carboxylic acids is 1. The Kier molecular flexibility index (Phi) is 2.73. The Balaban J connectivity index is 2.29. The molecular weight excluding hydrogens is 190 g/mol. The fraction of sp³-hybridized carbons (Fsp3) is 0.417. The number of rotatable bonds is 3. The predicted molar refractivity (Wildman–Crippen MR) is 58.4 cm³/mol. The number of nitrogens with one attached hydrogen (secondary N) is 1. The van der Waals surface area contributed by atoms with Gasteiger partial charge in [-0.15, -0.1) is 0 Å². The molecule has 1 aliphatic carbocycles. The monoisotopic (exact) mass is 205 g/mol. The van der Waals surface area contributed by atoms with E-state index in [9.17, 15) is 4.79 Å². The van der Waals surface area contributed by atoms with E-state index in [1.807, 2.05) is 19.2 Å². The molecule has 2 rings (SSSR count). The van der Waals surface area contributed by atoms with E-state index in [1.54, 1.807) is 6.07 Å². The number of carbonyl (C=O) groups is 1. The van der Waals surface area contributed by atoms with Gasteiger partial charge in [-0.1, -0.05) is 6.07 Å². The normalized spacial score (nSPS) is 18.9. The van der Waals surface area contributed by atoms with Crippen LogP contribution in [0.4, 0.5) is 0 Å². The van der Waals surface area contributed by atoms with E-state index < -0.39 is 5.97 Å². The van der Waals surface area contributed by atoms with Gasteiger partial charge in [0.05, 0.1) is 5.56 Å². The first-order valence-electron chi connectivity index (χ1n) is 5.23. The number of hydrogen-bond acceptors (Lipinski definition) is 2. The lowest BCUT2D eigenvalue weighted by atomic mass is 10.00. The van der Waals surface area contributed by atoms with E-state index in [1.165, 1.54) is 11.1 Å². The van der Waals surface area contributed by atoms with Gasteiger partial charge in [-0.3, -0.25) is 0 Å². The van der Waals surface area contributed by atoms with Crippen LogP contribution >= 0.6 is 0 Å². The standard InChI is InChI=1S/C12H15NO2/c1-13-7-10-3-2-8-6-9(12(14)15)4-5-11(8)10/h4-6,10,13H,2-3,7H2,1H3,(H,14,15). The van der Waals surface area contributed by atoms with Crippen molar-refractivity contribution in [2.24, 2.45) is 0 Å². The summed E-state index contributed by atoms with van der Waals surface area (Å²) >= 11 is 0. The highest BCUT2D eigenvalue weighted by molar-refractivity contribution is 5.88. The minimum absolute atomic E-state index is 0.402. The Morgan fingerprint density at radius 1 is 1.60 bits per heavy atom. The first-order chi connectivity index (χ1) is 7.22. The second-order valence-corrected chi connectivity index (χ2v) is 4.01. The van der Waals surface area contributed by atoms with Crippen LogP contribution in [0.2, 0.25) is 0 Å². The zero-order valence-electron chi connectivity index (χ0n) is 8.79. The molecule has 1 unspecified atom stereocenters. The molecule has 0 fully saturated rings. The predicted octanol–water partition coefficient (Wildman–Crippen LogP) is 1.63. The molecule has 1 atom stereocenters. The number of carboxylic acid groups (broad SMARTS) is 1. The molecule has 0 heterocycles. The highest BCUT2D eigenvalue weighted by Gasteiger charge is 2.22. The van der Waals surface area contributed by atoms with E-state index in [0.717, 1.165) is 19.4 Å². The van der Waals surface area contributed by atoms with Crippen LogP contribution in [-0.2, 0) is 6.42 Å². The summed E-state index contributed by atoms with van der Waals surface area (Å²) < 4.78 is 0. The molecule has 2 N–H and O–H groups in total. The molecule has 80 valence electrons. The van der Waals surface area contributed by atoms with Gasteiger partial charge in [-0.2, -0.15) is 0 Å². The first-order valence-corrected chi connectivity index (χ1v) is 5.23. The summed E-state index contributed by atoms with van der Waals surface area (Å²) in [4.78, 5) is 10.8. The Hall–Kier alpha value is -1.35. The molecular formula is C12H15NO2. The average Bonchev–Trinajstić information content (AvgIpc) is 2.61. The third kappa shape index (κ3) is 1.88. The third-order valence-electron chi connectivity index (χ3n) is 3.04. The molecule has 0 radical (unpaired) electrons. The van der Waals surface area contributed by atoms with Gasteiger partial charge >= 0.3 is 5.97 Å². The lowest BCUT2D eigenvalue weighted by Crippen LogP contribution is -2.15. The van der Waals surface area contributed by atoms with Crippen LogP contribution < -0.4 is 5.32 Å². The molecule has 0 amide bonds. The summed E-state index contributed by atoms with van der Waals surface area (Å²) in [5, 5.41) is 12.0. The van der Waals surface area contributed by atoms with Gasteiger partial charge in [0.15, 0.2) is 0 Å². The maximum absolute atomic E-state index is 10.8. The molecule has 3 nitrogen and oxygen atoms in total. The Bertz CT molecular complexity index is 387. The summed E-state index contributed by atoms with van der Waals surface area (Å²) in [6.45, 7) is 0.972. The van der Waals surface area contributed by atoms with Gasteiger partial charge in [0, 0.05) is 6.54 Å². The summed E-state index contributed by atoms with van der Waals surface area (Å²) in [7, 11) is 1.95. The van der Waals surface area contributed by atoms with E-state index in [-0.39, 0.29) is 0 Å². The van der Waals surface area contributed by atoms with Gasteiger partial charge in [0.2, 0.25) is 0 Å². The number of aryl methyl sites for hydroxylation is 1. The lowest BCUT2D eigenvalue weighted by molar-refractivity contribution is 0.0697. The van der Waals surface area contributed by atoms with Crippen LogP contribution in [0.5, 0.6) is 0 Å². The molecule has 1 aromatic rings. The fourth-order valence-corrected chi connectivity index (χ4v) is 2.30. The van der Waals surface area contributed by atoms with Crippen molar-refractivity contribution in [1.82, 2.24) is 5.32 Å². The Morgan fingerprint density at radius 2 is 2.40 bits per heavy atom. The zero-order chi connectivity index (χ0) is 10.8. The number of likely N-dealkylation sites (N-methyl/N-ethyl adjacent to an activating group) is 1. The summed E-state index contributed by atoms with van der Waals surface area (Å²) in [6.07, 6.45) is 2.13. The quantitative estimate of drug-likeness (QED) is 0.788. The van der Waals surface area contributed by atoms with Crippen molar-refractivity contribution in [3.63, 3.8) is 0 Å². The van der Waals surface area contributed by atoms with Crippen molar-refractivity contribution >= 4 is 5.97 Å². The van der Waals surface area contributed by atoms with Crippen LogP contribution in [0.25, 0.3) is 0 Å². The average molecular weight is 205 g/mol. The molecule has 1 aliphatic rings. The summed E-state index contributed by atoms with van der Waals surface area (Å²) in [6, 6.07) is 5.48. The molecule has 0 bridgehead atoms. The second kappa shape index (κ2) is 4.03. The molecule has 3 heteroatoms. The first kappa shape index (κ1) is 10.2. The summed E-state index contributed by atoms with van der Waals surface area (Å²) in [5.74, 6) is -0.289. The van der Waals surface area contributed by atoms with E-state index in [0.29, 0.717) is 11.5 Å². The highest BCUT2D eigenvalue weighted by Crippen LogP contribution is 2.32. The van der Waals surface area contributed by atoms with E-state index in [4.69, 9.17) is 5.11 Å². The fourth-order valence-electron chi connectivity index (χ4n) is 2.30. The molecule has 15 heavy (non-hydrogen) atoms. The van der Waals surface area contributed by atoms with Gasteiger partial charge in [-0.05, 0) is 49.1 Å². The van der Waals surface area contributed by atoms with Crippen molar-refractivity contribution in [1.29, 1.82) is 0 Å². The van der Waals surface area contributed by atoms with Crippen molar-refractivity contribution in [2.75, 3.05) is 13.6 Å². The molecule has 0 aliphatic heterocycles. The third-order valence-corrected chi connectivity index (χ3v) is 3.04. The number of fused-ring (bicyclic) bond motifs is 1. The number of carboxylic acids is 1. The topological polar surface area (TPSA) is 49.3 Å².